The van der Waals surface area contributed by atoms with Crippen molar-refractivity contribution < 1.29 is 14.3 Å². The Hall–Kier alpha value is -1.10. The van der Waals surface area contributed by atoms with Gasteiger partial charge in [-0.05, 0) is 71.5 Å². The lowest BCUT2D eigenvalue weighted by Crippen LogP contribution is -2.41. The highest BCUT2D eigenvalue weighted by Crippen LogP contribution is 2.23. The van der Waals surface area contributed by atoms with E-state index in [1.807, 2.05) is 0 Å². The standard InChI is InChI=1S/C48H96N2O3/c1-7-11-15-19-24-30-37-45(36-29-18-14-10-4)44-53-48(52)41-34-28-23-22-26-32-39-46(38-31-25-20-16-12-8-2)50(43-35-42-49(5)6)47(51)40-33-27-21-17-13-9-3/h45-46H,7-44H2,1-6H3. The van der Waals surface area contributed by atoms with Crippen molar-refractivity contribution in [3.63, 3.8) is 0 Å². The third kappa shape index (κ3) is 35.1. The molecule has 1 amide bonds. The van der Waals surface area contributed by atoms with E-state index in [1.165, 1.54) is 173 Å². The Labute approximate surface area is 333 Å². The van der Waals surface area contributed by atoms with Crippen LogP contribution in [-0.2, 0) is 14.3 Å². The highest BCUT2D eigenvalue weighted by atomic mass is 16.5. The molecule has 0 spiro atoms. The largest absolute Gasteiger partial charge is 0.465 e. The summed E-state index contributed by atoms with van der Waals surface area (Å²) in [4.78, 5) is 30.9. The van der Waals surface area contributed by atoms with Gasteiger partial charge >= 0.3 is 5.97 Å². The molecule has 0 aliphatic heterocycles. The summed E-state index contributed by atoms with van der Waals surface area (Å²) in [6, 6.07) is 0.391. The Morgan fingerprint density at radius 2 is 0.811 bits per heavy atom. The van der Waals surface area contributed by atoms with E-state index >= 15 is 0 Å². The molecule has 5 nitrogen and oxygen atoms in total. The second kappa shape index (κ2) is 40.6. The van der Waals surface area contributed by atoms with E-state index in [4.69, 9.17) is 4.74 Å². The quantitative estimate of drug-likeness (QED) is 0.0461. The summed E-state index contributed by atoms with van der Waals surface area (Å²) < 4.78 is 5.84. The molecule has 0 aliphatic rings. The van der Waals surface area contributed by atoms with Crippen LogP contribution >= 0.6 is 0 Å². The average molecular weight is 749 g/mol. The lowest BCUT2D eigenvalue weighted by Gasteiger charge is -2.33. The van der Waals surface area contributed by atoms with Crippen LogP contribution in [0, 0.1) is 5.92 Å². The maximum Gasteiger partial charge on any atom is 0.305 e. The number of hydrogen-bond donors (Lipinski definition) is 0. The molecule has 0 bridgehead atoms. The summed E-state index contributed by atoms with van der Waals surface area (Å²) in [5, 5.41) is 0. The minimum absolute atomic E-state index is 0.0176. The Morgan fingerprint density at radius 3 is 1.26 bits per heavy atom. The van der Waals surface area contributed by atoms with Gasteiger partial charge in [0.05, 0.1) is 6.61 Å². The van der Waals surface area contributed by atoms with E-state index < -0.39 is 0 Å². The molecule has 0 fully saturated rings. The highest BCUT2D eigenvalue weighted by molar-refractivity contribution is 5.76. The minimum atomic E-state index is 0.0176. The first-order chi connectivity index (χ1) is 25.9. The van der Waals surface area contributed by atoms with Crippen LogP contribution in [0.15, 0.2) is 0 Å². The van der Waals surface area contributed by atoms with E-state index in [-0.39, 0.29) is 5.97 Å². The van der Waals surface area contributed by atoms with Gasteiger partial charge in [-0.15, -0.1) is 0 Å². The fraction of sp³-hybridized carbons (Fsp3) is 0.958. The van der Waals surface area contributed by atoms with Crippen molar-refractivity contribution in [3.8, 4) is 0 Å². The number of carbonyl (C=O) groups excluding carboxylic acids is 2. The van der Waals surface area contributed by atoms with Crippen molar-refractivity contribution in [2.24, 2.45) is 5.92 Å². The zero-order valence-corrected chi connectivity index (χ0v) is 37.1. The fourth-order valence-corrected chi connectivity index (χ4v) is 7.91. The number of carbonyl (C=O) groups is 2. The third-order valence-corrected chi connectivity index (χ3v) is 11.5. The Morgan fingerprint density at radius 1 is 0.434 bits per heavy atom. The van der Waals surface area contributed by atoms with Crippen LogP contribution in [0.2, 0.25) is 0 Å². The van der Waals surface area contributed by atoms with Crippen LogP contribution in [0.5, 0.6) is 0 Å². The Bertz CT molecular complexity index is 772. The lowest BCUT2D eigenvalue weighted by atomic mass is 9.95. The maximum atomic E-state index is 13.7. The molecule has 0 saturated heterocycles. The molecule has 0 aliphatic carbocycles. The van der Waals surface area contributed by atoms with Crippen LogP contribution < -0.4 is 0 Å². The van der Waals surface area contributed by atoms with Gasteiger partial charge in [-0.2, -0.15) is 0 Å². The molecule has 53 heavy (non-hydrogen) atoms. The molecule has 0 heterocycles. The average Bonchev–Trinajstić information content (AvgIpc) is 3.14. The molecule has 0 aromatic rings. The molecule has 2 atom stereocenters. The van der Waals surface area contributed by atoms with Crippen LogP contribution in [0.1, 0.15) is 252 Å². The number of ether oxygens (including phenoxy) is 1. The molecule has 5 heteroatoms. The summed E-state index contributed by atoms with van der Waals surface area (Å²) in [6.45, 7) is 11.7. The number of rotatable bonds is 42. The predicted molar refractivity (Wildman–Crippen MR) is 233 cm³/mol. The first-order valence-electron chi connectivity index (χ1n) is 24.0. The van der Waals surface area contributed by atoms with Gasteiger partial charge in [-0.3, -0.25) is 9.59 Å². The first kappa shape index (κ1) is 51.9. The molecule has 0 aromatic carbocycles. The van der Waals surface area contributed by atoms with Gasteiger partial charge in [0.2, 0.25) is 5.91 Å². The molecule has 2 unspecified atom stereocenters. The van der Waals surface area contributed by atoms with Crippen molar-refractivity contribution in [1.82, 2.24) is 9.80 Å². The first-order valence-corrected chi connectivity index (χ1v) is 24.0. The highest BCUT2D eigenvalue weighted by Gasteiger charge is 2.23. The van der Waals surface area contributed by atoms with E-state index in [9.17, 15) is 9.59 Å². The number of esters is 1. The SMILES string of the molecule is CCCCCCCCC(=O)N(CCCN(C)C)C(CCCCCCCC)CCCCCCCCC(=O)OCC(CCCCCC)CCCCCCCC. The van der Waals surface area contributed by atoms with E-state index in [0.29, 0.717) is 30.9 Å². The second-order valence-electron chi connectivity index (χ2n) is 17.1. The number of unbranched alkanes of at least 4 members (excludes halogenated alkanes) is 23. The van der Waals surface area contributed by atoms with Gasteiger partial charge in [0.15, 0.2) is 0 Å². The van der Waals surface area contributed by atoms with Crippen molar-refractivity contribution in [2.75, 3.05) is 33.8 Å². The normalized spacial score (nSPS) is 12.7. The van der Waals surface area contributed by atoms with Gasteiger partial charge < -0.3 is 14.5 Å². The van der Waals surface area contributed by atoms with Crippen LogP contribution in [0.25, 0.3) is 0 Å². The smallest absolute Gasteiger partial charge is 0.305 e. The summed E-state index contributed by atoms with van der Waals surface area (Å²) in [5.41, 5.74) is 0. The van der Waals surface area contributed by atoms with Gasteiger partial charge in [-0.25, -0.2) is 0 Å². The second-order valence-corrected chi connectivity index (χ2v) is 17.1. The van der Waals surface area contributed by atoms with Crippen molar-refractivity contribution in [2.45, 2.75) is 258 Å². The van der Waals surface area contributed by atoms with Gasteiger partial charge in [0.25, 0.3) is 0 Å². The molecule has 316 valence electrons. The molecule has 0 rings (SSSR count). The maximum absolute atomic E-state index is 13.7. The Balaban J connectivity index is 4.74. The summed E-state index contributed by atoms with van der Waals surface area (Å²) in [7, 11) is 4.28. The van der Waals surface area contributed by atoms with Crippen molar-refractivity contribution >= 4 is 11.9 Å². The van der Waals surface area contributed by atoms with Crippen molar-refractivity contribution in [3.05, 3.63) is 0 Å². The van der Waals surface area contributed by atoms with E-state index in [0.717, 1.165) is 58.0 Å². The summed E-state index contributed by atoms with van der Waals surface area (Å²) in [5.74, 6) is 0.970. The lowest BCUT2D eigenvalue weighted by molar-refractivity contribution is -0.145. The van der Waals surface area contributed by atoms with Gasteiger partial charge in [-0.1, -0.05) is 195 Å². The van der Waals surface area contributed by atoms with Gasteiger partial charge in [0, 0.05) is 25.4 Å². The number of amides is 1. The molecule has 0 radical (unpaired) electrons. The fourth-order valence-electron chi connectivity index (χ4n) is 7.91. The van der Waals surface area contributed by atoms with E-state index in [1.54, 1.807) is 0 Å². The molecule has 0 aromatic heterocycles. The van der Waals surface area contributed by atoms with Crippen LogP contribution in [0.4, 0.5) is 0 Å². The number of hydrogen-bond acceptors (Lipinski definition) is 4. The van der Waals surface area contributed by atoms with E-state index in [2.05, 4.69) is 51.6 Å². The molecular weight excluding hydrogens is 653 g/mol. The zero-order valence-electron chi connectivity index (χ0n) is 37.1. The van der Waals surface area contributed by atoms with Crippen LogP contribution in [-0.4, -0.2) is 61.5 Å². The van der Waals surface area contributed by atoms with Crippen molar-refractivity contribution in [1.29, 1.82) is 0 Å². The topological polar surface area (TPSA) is 49.9 Å². The molecular formula is C48H96N2O3. The zero-order chi connectivity index (χ0) is 39.0. The monoisotopic (exact) mass is 749 g/mol. The summed E-state index contributed by atoms with van der Waals surface area (Å²) >= 11 is 0. The number of nitrogens with zero attached hydrogens (tertiary/aromatic N) is 2. The van der Waals surface area contributed by atoms with Gasteiger partial charge in [0.1, 0.15) is 0 Å². The van der Waals surface area contributed by atoms with Crippen LogP contribution in [0.3, 0.4) is 0 Å². The minimum Gasteiger partial charge on any atom is -0.465 e. The Kier molecular flexibility index (Phi) is 39.7. The summed E-state index contributed by atoms with van der Waals surface area (Å²) in [6.07, 6.45) is 42.4. The molecule has 0 N–H and O–H groups in total. The third-order valence-electron chi connectivity index (χ3n) is 11.5. The molecule has 0 saturated carbocycles. The predicted octanol–water partition coefficient (Wildman–Crippen LogP) is 14.6.